The SMILES string of the molecule is C.CC(C)[C@@H]1CC[C@@H](C)C[C@@H]1O. The van der Waals surface area contributed by atoms with E-state index in [9.17, 15) is 5.11 Å². The molecule has 1 aliphatic rings. The first-order valence-corrected chi connectivity index (χ1v) is 4.79. The zero-order chi connectivity index (χ0) is 8.43. The van der Waals surface area contributed by atoms with Gasteiger partial charge in [0.15, 0.2) is 0 Å². The molecule has 0 heterocycles. The Hall–Kier alpha value is -0.0400. The molecular weight excluding hydrogens is 148 g/mol. The fourth-order valence-electron chi connectivity index (χ4n) is 2.15. The molecule has 3 atom stereocenters. The third-order valence-electron chi connectivity index (χ3n) is 2.99. The van der Waals surface area contributed by atoms with Gasteiger partial charge in [0.25, 0.3) is 0 Å². The van der Waals surface area contributed by atoms with Crippen molar-refractivity contribution >= 4 is 0 Å². The van der Waals surface area contributed by atoms with Crippen LogP contribution in [0.1, 0.15) is 47.5 Å². The Morgan fingerprint density at radius 2 is 1.83 bits per heavy atom. The molecule has 1 aliphatic carbocycles. The lowest BCUT2D eigenvalue weighted by Crippen LogP contribution is -2.31. The zero-order valence-electron chi connectivity index (χ0n) is 7.88. The first-order chi connectivity index (χ1) is 5.11. The molecule has 0 unspecified atom stereocenters. The van der Waals surface area contributed by atoms with Gasteiger partial charge in [-0.15, -0.1) is 0 Å². The standard InChI is InChI=1S/C10H20O.CH4/c1-7(2)9-5-4-8(3)6-10(9)11;/h7-11H,4-6H2,1-3H3;1H4/t8-,9+,10+;/m1./s1. The number of hydrogen-bond acceptors (Lipinski definition) is 1. The molecule has 74 valence electrons. The average molecular weight is 172 g/mol. The van der Waals surface area contributed by atoms with E-state index in [-0.39, 0.29) is 13.5 Å². The lowest BCUT2D eigenvalue weighted by Gasteiger charge is -2.33. The van der Waals surface area contributed by atoms with Crippen LogP contribution >= 0.6 is 0 Å². The van der Waals surface area contributed by atoms with Gasteiger partial charge in [0.05, 0.1) is 6.10 Å². The summed E-state index contributed by atoms with van der Waals surface area (Å²) in [6.07, 6.45) is 3.52. The van der Waals surface area contributed by atoms with Gasteiger partial charge in [-0.25, -0.2) is 0 Å². The van der Waals surface area contributed by atoms with E-state index in [0.29, 0.717) is 11.8 Å². The van der Waals surface area contributed by atoms with Gasteiger partial charge in [-0.2, -0.15) is 0 Å². The zero-order valence-corrected chi connectivity index (χ0v) is 7.88. The predicted octanol–water partition coefficient (Wildman–Crippen LogP) is 3.08. The highest BCUT2D eigenvalue weighted by molar-refractivity contribution is 4.79. The van der Waals surface area contributed by atoms with Crippen LogP contribution in [0.25, 0.3) is 0 Å². The number of aliphatic hydroxyl groups is 1. The van der Waals surface area contributed by atoms with E-state index >= 15 is 0 Å². The molecule has 0 aliphatic heterocycles. The van der Waals surface area contributed by atoms with Crippen LogP contribution in [-0.4, -0.2) is 11.2 Å². The molecule has 0 bridgehead atoms. The topological polar surface area (TPSA) is 20.2 Å². The van der Waals surface area contributed by atoms with Crippen molar-refractivity contribution in [1.29, 1.82) is 0 Å². The van der Waals surface area contributed by atoms with E-state index in [2.05, 4.69) is 20.8 Å². The van der Waals surface area contributed by atoms with Gasteiger partial charge < -0.3 is 5.11 Å². The van der Waals surface area contributed by atoms with E-state index in [1.54, 1.807) is 0 Å². The van der Waals surface area contributed by atoms with E-state index < -0.39 is 0 Å². The highest BCUT2D eigenvalue weighted by Crippen LogP contribution is 2.33. The number of hydrogen-bond donors (Lipinski definition) is 1. The van der Waals surface area contributed by atoms with E-state index in [4.69, 9.17) is 0 Å². The molecule has 0 aromatic carbocycles. The fraction of sp³-hybridized carbons (Fsp3) is 1.00. The summed E-state index contributed by atoms with van der Waals surface area (Å²) < 4.78 is 0. The lowest BCUT2D eigenvalue weighted by atomic mass is 9.75. The molecule has 0 amide bonds. The Labute approximate surface area is 77.2 Å². The fourth-order valence-corrected chi connectivity index (χ4v) is 2.15. The Kier molecular flexibility index (Phi) is 4.84. The first kappa shape index (κ1) is 12.0. The second kappa shape index (κ2) is 4.86. The van der Waals surface area contributed by atoms with Crippen molar-refractivity contribution in [2.45, 2.75) is 53.6 Å². The lowest BCUT2D eigenvalue weighted by molar-refractivity contribution is 0.0266. The van der Waals surface area contributed by atoms with Crippen molar-refractivity contribution in [3.63, 3.8) is 0 Å². The van der Waals surface area contributed by atoms with E-state index in [1.165, 1.54) is 12.8 Å². The third kappa shape index (κ3) is 2.78. The van der Waals surface area contributed by atoms with Gasteiger partial charge in [0, 0.05) is 0 Å². The Morgan fingerprint density at radius 3 is 2.25 bits per heavy atom. The molecule has 1 N–H and O–H groups in total. The summed E-state index contributed by atoms with van der Waals surface area (Å²) in [5.41, 5.74) is 0. The Bertz CT molecular complexity index is 120. The Morgan fingerprint density at radius 1 is 1.25 bits per heavy atom. The molecule has 12 heavy (non-hydrogen) atoms. The van der Waals surface area contributed by atoms with Crippen molar-refractivity contribution < 1.29 is 5.11 Å². The molecule has 1 saturated carbocycles. The van der Waals surface area contributed by atoms with Crippen molar-refractivity contribution in [2.24, 2.45) is 17.8 Å². The van der Waals surface area contributed by atoms with Crippen LogP contribution in [0.2, 0.25) is 0 Å². The average Bonchev–Trinajstić information content (AvgIpc) is 1.85. The minimum Gasteiger partial charge on any atom is -0.393 e. The summed E-state index contributed by atoms with van der Waals surface area (Å²) in [6, 6.07) is 0. The molecule has 1 nitrogen and oxygen atoms in total. The monoisotopic (exact) mass is 172 g/mol. The minimum absolute atomic E-state index is 0. The molecule has 0 radical (unpaired) electrons. The summed E-state index contributed by atoms with van der Waals surface area (Å²) in [5, 5.41) is 9.71. The second-order valence-corrected chi connectivity index (χ2v) is 4.39. The smallest absolute Gasteiger partial charge is 0.0573 e. The summed E-state index contributed by atoms with van der Waals surface area (Å²) in [5.74, 6) is 1.95. The van der Waals surface area contributed by atoms with Crippen LogP contribution in [0.5, 0.6) is 0 Å². The summed E-state index contributed by atoms with van der Waals surface area (Å²) in [7, 11) is 0. The highest BCUT2D eigenvalue weighted by Gasteiger charge is 2.28. The quantitative estimate of drug-likeness (QED) is 0.644. The van der Waals surface area contributed by atoms with Gasteiger partial charge in [-0.3, -0.25) is 0 Å². The molecule has 0 aromatic rings. The van der Waals surface area contributed by atoms with Gasteiger partial charge >= 0.3 is 0 Å². The van der Waals surface area contributed by atoms with Crippen LogP contribution < -0.4 is 0 Å². The Balaban J connectivity index is 0.00000121. The van der Waals surface area contributed by atoms with Crippen LogP contribution in [-0.2, 0) is 0 Å². The molecule has 0 spiro atoms. The summed E-state index contributed by atoms with van der Waals surface area (Å²) in [4.78, 5) is 0. The molecule has 1 rings (SSSR count). The maximum atomic E-state index is 9.71. The largest absolute Gasteiger partial charge is 0.393 e. The maximum Gasteiger partial charge on any atom is 0.0573 e. The van der Waals surface area contributed by atoms with Crippen LogP contribution in [0.4, 0.5) is 0 Å². The van der Waals surface area contributed by atoms with Gasteiger partial charge in [0.2, 0.25) is 0 Å². The molecule has 1 heteroatoms. The normalized spacial score (nSPS) is 36.2. The van der Waals surface area contributed by atoms with Gasteiger partial charge in [-0.1, -0.05) is 34.6 Å². The van der Waals surface area contributed by atoms with E-state index in [0.717, 1.165) is 12.3 Å². The summed E-state index contributed by atoms with van der Waals surface area (Å²) in [6.45, 7) is 6.66. The third-order valence-corrected chi connectivity index (χ3v) is 2.99. The van der Waals surface area contributed by atoms with Crippen LogP contribution in [0.15, 0.2) is 0 Å². The van der Waals surface area contributed by atoms with Crippen molar-refractivity contribution in [2.75, 3.05) is 0 Å². The first-order valence-electron chi connectivity index (χ1n) is 4.79. The van der Waals surface area contributed by atoms with Crippen molar-refractivity contribution in [3.05, 3.63) is 0 Å². The summed E-state index contributed by atoms with van der Waals surface area (Å²) >= 11 is 0. The van der Waals surface area contributed by atoms with Crippen LogP contribution in [0, 0.1) is 17.8 Å². The molecule has 0 aromatic heterocycles. The van der Waals surface area contributed by atoms with Crippen LogP contribution in [0.3, 0.4) is 0 Å². The number of aliphatic hydroxyl groups excluding tert-OH is 1. The second-order valence-electron chi connectivity index (χ2n) is 4.39. The molecular formula is C11H24O. The van der Waals surface area contributed by atoms with Gasteiger partial charge in [0.1, 0.15) is 0 Å². The molecule has 0 saturated heterocycles. The van der Waals surface area contributed by atoms with Crippen molar-refractivity contribution in [1.82, 2.24) is 0 Å². The van der Waals surface area contributed by atoms with Crippen molar-refractivity contribution in [3.8, 4) is 0 Å². The maximum absolute atomic E-state index is 9.71. The predicted molar refractivity (Wildman–Crippen MR) is 54.1 cm³/mol. The highest BCUT2D eigenvalue weighted by atomic mass is 16.3. The van der Waals surface area contributed by atoms with Gasteiger partial charge in [-0.05, 0) is 30.6 Å². The number of rotatable bonds is 1. The van der Waals surface area contributed by atoms with E-state index in [1.807, 2.05) is 0 Å². The molecule has 1 fully saturated rings. The minimum atomic E-state index is -0.0289.